The van der Waals surface area contributed by atoms with Gasteiger partial charge in [-0.1, -0.05) is 91.0 Å². The van der Waals surface area contributed by atoms with Crippen LogP contribution in [0.4, 0.5) is 0 Å². The Balaban J connectivity index is 0.000000192. The lowest BCUT2D eigenvalue weighted by molar-refractivity contribution is 0.136. The molecule has 4 aromatic carbocycles. The molecule has 0 bridgehead atoms. The SMILES string of the molecule is C[OH+]c1ccccc1.c1ccc(Cc2cccc3ccccc23)cc1. The van der Waals surface area contributed by atoms with Gasteiger partial charge in [0.15, 0.2) is 7.11 Å². The van der Waals surface area contributed by atoms with Gasteiger partial charge in [0.05, 0.1) is 0 Å². The number of ether oxygens (including phenoxy) is 1. The molecule has 0 aliphatic rings. The van der Waals surface area contributed by atoms with Crippen LogP contribution in [0.15, 0.2) is 103 Å². The van der Waals surface area contributed by atoms with Gasteiger partial charge in [0, 0.05) is 12.1 Å². The molecule has 1 N–H and O–H groups in total. The Morgan fingerprint density at radius 2 is 1.20 bits per heavy atom. The normalized spacial score (nSPS) is 9.96. The van der Waals surface area contributed by atoms with Crippen molar-refractivity contribution in [3.63, 3.8) is 0 Å². The molecule has 1 heteroatoms. The molecule has 0 spiro atoms. The van der Waals surface area contributed by atoms with Crippen molar-refractivity contribution in [1.29, 1.82) is 0 Å². The summed E-state index contributed by atoms with van der Waals surface area (Å²) in [5.41, 5.74) is 2.76. The maximum Gasteiger partial charge on any atom is 0.254 e. The molecular weight excluding hydrogens is 304 g/mol. The maximum absolute atomic E-state index is 3.97. The summed E-state index contributed by atoms with van der Waals surface area (Å²) in [7, 11) is 1.79. The minimum Gasteiger partial charge on any atom is -0.585 e. The van der Waals surface area contributed by atoms with Gasteiger partial charge in [0.2, 0.25) is 0 Å². The molecule has 124 valence electrons. The van der Waals surface area contributed by atoms with E-state index >= 15 is 0 Å². The molecule has 25 heavy (non-hydrogen) atoms. The summed E-state index contributed by atoms with van der Waals surface area (Å²) in [4.78, 5) is 0. The van der Waals surface area contributed by atoms with E-state index in [2.05, 4.69) is 77.5 Å². The summed E-state index contributed by atoms with van der Waals surface area (Å²) in [6.45, 7) is 0. The first-order valence-electron chi connectivity index (χ1n) is 8.52. The van der Waals surface area contributed by atoms with Crippen LogP contribution in [0.5, 0.6) is 5.75 Å². The van der Waals surface area contributed by atoms with Crippen molar-refractivity contribution < 1.29 is 4.74 Å². The minimum atomic E-state index is 1.00. The topological polar surface area (TPSA) is 12.8 Å². The van der Waals surface area contributed by atoms with Crippen molar-refractivity contribution in [3.05, 3.63) is 114 Å². The summed E-state index contributed by atoms with van der Waals surface area (Å²) in [6, 6.07) is 35.6. The van der Waals surface area contributed by atoms with Crippen molar-refractivity contribution in [2.24, 2.45) is 0 Å². The van der Waals surface area contributed by atoms with Gasteiger partial charge in [0.25, 0.3) is 5.75 Å². The van der Waals surface area contributed by atoms with Gasteiger partial charge in [-0.3, -0.25) is 0 Å². The van der Waals surface area contributed by atoms with E-state index in [-0.39, 0.29) is 0 Å². The maximum atomic E-state index is 3.97. The van der Waals surface area contributed by atoms with Crippen LogP contribution in [0, 0.1) is 0 Å². The summed E-state index contributed by atoms with van der Waals surface area (Å²) in [5.74, 6) is 1.03. The molecule has 0 aliphatic carbocycles. The molecule has 0 aromatic heterocycles. The zero-order chi connectivity index (χ0) is 17.3. The van der Waals surface area contributed by atoms with E-state index in [9.17, 15) is 0 Å². The van der Waals surface area contributed by atoms with Gasteiger partial charge in [-0.25, -0.2) is 0 Å². The van der Waals surface area contributed by atoms with Crippen LogP contribution < -0.4 is 0 Å². The molecule has 0 radical (unpaired) electrons. The summed E-state index contributed by atoms with van der Waals surface area (Å²) < 4.78 is 3.97. The molecule has 0 atom stereocenters. The zero-order valence-electron chi connectivity index (χ0n) is 14.5. The minimum absolute atomic E-state index is 1.00. The second-order valence-electron chi connectivity index (χ2n) is 5.86. The van der Waals surface area contributed by atoms with Crippen LogP contribution in [0.2, 0.25) is 0 Å². The van der Waals surface area contributed by atoms with E-state index in [0.717, 1.165) is 12.2 Å². The number of benzene rings is 4. The van der Waals surface area contributed by atoms with Gasteiger partial charge in [0.1, 0.15) is 0 Å². The van der Waals surface area contributed by atoms with E-state index in [1.807, 2.05) is 30.3 Å². The highest BCUT2D eigenvalue weighted by molar-refractivity contribution is 5.85. The molecule has 0 saturated heterocycles. The van der Waals surface area contributed by atoms with Gasteiger partial charge >= 0.3 is 0 Å². The van der Waals surface area contributed by atoms with E-state index in [1.54, 1.807) is 7.11 Å². The smallest absolute Gasteiger partial charge is 0.254 e. The monoisotopic (exact) mass is 327 g/mol. The first-order chi connectivity index (χ1) is 12.4. The molecule has 0 saturated carbocycles. The summed E-state index contributed by atoms with van der Waals surface area (Å²) in [6.07, 6.45) is 1.00. The lowest BCUT2D eigenvalue weighted by atomic mass is 9.99. The molecule has 0 unspecified atom stereocenters. The van der Waals surface area contributed by atoms with Crippen LogP contribution in [-0.4, -0.2) is 11.8 Å². The fourth-order valence-electron chi connectivity index (χ4n) is 2.84. The molecule has 4 aromatic rings. The second-order valence-corrected chi connectivity index (χ2v) is 5.86. The fourth-order valence-corrected chi connectivity index (χ4v) is 2.84. The Labute approximate surface area is 149 Å². The Morgan fingerprint density at radius 1 is 0.600 bits per heavy atom. The zero-order valence-corrected chi connectivity index (χ0v) is 14.5. The molecule has 0 amide bonds. The van der Waals surface area contributed by atoms with Crippen LogP contribution in [-0.2, 0) is 6.42 Å². The van der Waals surface area contributed by atoms with Crippen molar-refractivity contribution in [2.75, 3.05) is 7.11 Å². The summed E-state index contributed by atoms with van der Waals surface area (Å²) in [5, 5.41) is 2.68. The standard InChI is InChI=1S/C17H14.C7H8O/c1-2-7-14(8-3-1)13-16-11-6-10-15-9-4-5-12-17(15)16;1-8-7-5-3-2-4-6-7/h1-12H,13H2;2-6H,1H3/p+1. The predicted octanol–water partition coefficient (Wildman–Crippen LogP) is 5.99. The van der Waals surface area contributed by atoms with Crippen molar-refractivity contribution in [2.45, 2.75) is 6.42 Å². The Morgan fingerprint density at radius 3 is 1.88 bits per heavy atom. The third kappa shape index (κ3) is 4.71. The number of rotatable bonds is 3. The largest absolute Gasteiger partial charge is 0.585 e. The highest BCUT2D eigenvalue weighted by Crippen LogP contribution is 2.21. The van der Waals surface area contributed by atoms with Crippen LogP contribution >= 0.6 is 0 Å². The fraction of sp³-hybridized carbons (Fsp3) is 0.0833. The molecule has 0 fully saturated rings. The number of fused-ring (bicyclic) bond motifs is 1. The van der Waals surface area contributed by atoms with Crippen LogP contribution in [0.3, 0.4) is 0 Å². The number of hydrogen-bond acceptors (Lipinski definition) is 0. The number of para-hydroxylation sites is 1. The predicted molar refractivity (Wildman–Crippen MR) is 107 cm³/mol. The highest BCUT2D eigenvalue weighted by Gasteiger charge is 2.00. The Bertz CT molecular complexity index is 893. The Kier molecular flexibility index (Phi) is 5.84. The van der Waals surface area contributed by atoms with Gasteiger partial charge in [-0.05, 0) is 28.3 Å². The first-order valence-corrected chi connectivity index (χ1v) is 8.52. The van der Waals surface area contributed by atoms with Crippen molar-refractivity contribution >= 4 is 10.8 Å². The van der Waals surface area contributed by atoms with Crippen molar-refractivity contribution in [1.82, 2.24) is 0 Å². The number of hydrogen-bond donors (Lipinski definition) is 0. The summed E-state index contributed by atoms with van der Waals surface area (Å²) >= 11 is 0. The van der Waals surface area contributed by atoms with E-state index < -0.39 is 0 Å². The van der Waals surface area contributed by atoms with E-state index in [1.165, 1.54) is 21.9 Å². The number of aliphatic hydroxyl groups is 1. The van der Waals surface area contributed by atoms with Gasteiger partial charge in [-0.15, -0.1) is 0 Å². The third-order valence-corrected chi connectivity index (χ3v) is 4.13. The van der Waals surface area contributed by atoms with Gasteiger partial charge in [-0.2, -0.15) is 0 Å². The second kappa shape index (κ2) is 8.70. The first kappa shape index (κ1) is 16.8. The van der Waals surface area contributed by atoms with Crippen LogP contribution in [0.25, 0.3) is 10.8 Å². The van der Waals surface area contributed by atoms with E-state index in [0.29, 0.717) is 0 Å². The Hall–Kier alpha value is -3.06. The lowest BCUT2D eigenvalue weighted by Gasteiger charge is -2.06. The molecule has 1 nitrogen and oxygen atoms in total. The van der Waals surface area contributed by atoms with Crippen molar-refractivity contribution in [3.8, 4) is 5.75 Å². The molecular formula is C24H23O+. The highest BCUT2D eigenvalue weighted by atomic mass is 16.5. The van der Waals surface area contributed by atoms with Crippen LogP contribution in [0.1, 0.15) is 11.1 Å². The average molecular weight is 327 g/mol. The van der Waals surface area contributed by atoms with E-state index in [4.69, 9.17) is 0 Å². The molecule has 4 rings (SSSR count). The quantitative estimate of drug-likeness (QED) is 0.410. The average Bonchev–Trinajstić information content (AvgIpc) is 2.70. The molecule has 0 heterocycles. The molecule has 0 aliphatic heterocycles. The third-order valence-electron chi connectivity index (χ3n) is 4.13. The lowest BCUT2D eigenvalue weighted by Crippen LogP contribution is -1.89. The number of aromatic hydroxyl groups is 1. The van der Waals surface area contributed by atoms with Gasteiger partial charge < -0.3 is 4.74 Å².